The number of carbonyl (C=O) groups is 6. The molecular formula is C27H37N3O10. The zero-order valence-corrected chi connectivity index (χ0v) is 23.9. The summed E-state index contributed by atoms with van der Waals surface area (Å²) in [5, 5.41) is 2.94. The fourth-order valence-corrected chi connectivity index (χ4v) is 3.54. The number of urea groups is 1. The van der Waals surface area contributed by atoms with Gasteiger partial charge < -0.3 is 14.9 Å². The highest BCUT2D eigenvalue weighted by Gasteiger charge is 2.54. The van der Waals surface area contributed by atoms with E-state index in [1.54, 1.807) is 71.9 Å². The number of benzene rings is 1. The second-order valence-electron chi connectivity index (χ2n) is 11.3. The third-order valence-corrected chi connectivity index (χ3v) is 5.34. The average Bonchev–Trinajstić information content (AvgIpc) is 3.08. The standard InChI is InChI=1S/C27H37N3O10/c1-8-9-15-27(22(34)29(23(35)28-27)16-19(31)18-13-11-10-12-14-18)17-30(24(36)37-25(2,3)4)38-20(32)21(33)39-40-26(5,6)7/h10-14H,8-9,15-17H2,1-7H3,(H,28,35)/t27-/m0/s1. The fourth-order valence-electron chi connectivity index (χ4n) is 3.54. The van der Waals surface area contributed by atoms with E-state index in [-0.39, 0.29) is 6.42 Å². The first-order chi connectivity index (χ1) is 18.5. The highest BCUT2D eigenvalue weighted by Crippen LogP contribution is 2.27. The van der Waals surface area contributed by atoms with Crippen molar-refractivity contribution in [1.29, 1.82) is 0 Å². The summed E-state index contributed by atoms with van der Waals surface area (Å²) in [7, 11) is 0. The van der Waals surface area contributed by atoms with Gasteiger partial charge in [-0.15, -0.1) is 5.06 Å². The topological polar surface area (TPSA) is 158 Å². The van der Waals surface area contributed by atoms with Crippen LogP contribution in [0.1, 0.15) is 78.1 Å². The molecular weight excluding hydrogens is 526 g/mol. The quantitative estimate of drug-likeness (QED) is 0.155. The zero-order valence-electron chi connectivity index (χ0n) is 23.9. The van der Waals surface area contributed by atoms with E-state index in [4.69, 9.17) is 14.5 Å². The van der Waals surface area contributed by atoms with Crippen LogP contribution in [0.25, 0.3) is 0 Å². The monoisotopic (exact) mass is 563 g/mol. The average molecular weight is 564 g/mol. The zero-order chi connectivity index (χ0) is 30.3. The van der Waals surface area contributed by atoms with Crippen molar-refractivity contribution in [1.82, 2.24) is 15.3 Å². The van der Waals surface area contributed by atoms with Crippen LogP contribution in [0.3, 0.4) is 0 Å². The molecule has 1 aliphatic rings. The molecule has 1 N–H and O–H groups in total. The molecule has 0 spiro atoms. The molecule has 1 aromatic rings. The van der Waals surface area contributed by atoms with Crippen molar-refractivity contribution in [2.45, 2.75) is 84.5 Å². The predicted octanol–water partition coefficient (Wildman–Crippen LogP) is 3.32. The third kappa shape index (κ3) is 9.04. The molecule has 0 unspecified atom stereocenters. The Hall–Kier alpha value is -4.00. The molecule has 40 heavy (non-hydrogen) atoms. The number of Topliss-reactive ketones (excluding diaryl/α,β-unsaturated/α-hetero) is 1. The van der Waals surface area contributed by atoms with Gasteiger partial charge in [-0.3, -0.25) is 19.4 Å². The molecule has 220 valence electrons. The molecule has 0 bridgehead atoms. The number of imide groups is 1. The van der Waals surface area contributed by atoms with Crippen LogP contribution < -0.4 is 5.32 Å². The number of nitrogens with zero attached hydrogens (tertiary/aromatic N) is 2. The van der Waals surface area contributed by atoms with Crippen molar-refractivity contribution < 1.29 is 48.1 Å². The van der Waals surface area contributed by atoms with E-state index >= 15 is 0 Å². The van der Waals surface area contributed by atoms with Crippen molar-refractivity contribution in [2.75, 3.05) is 13.1 Å². The molecule has 1 aliphatic heterocycles. The van der Waals surface area contributed by atoms with Gasteiger partial charge in [0.1, 0.15) is 16.7 Å². The molecule has 1 atom stereocenters. The number of amides is 4. The van der Waals surface area contributed by atoms with Crippen LogP contribution in [0.5, 0.6) is 0 Å². The molecule has 0 aliphatic carbocycles. The highest BCUT2D eigenvalue weighted by atomic mass is 17.2. The van der Waals surface area contributed by atoms with Gasteiger partial charge in [-0.2, -0.15) is 4.89 Å². The van der Waals surface area contributed by atoms with E-state index in [2.05, 4.69) is 10.2 Å². The van der Waals surface area contributed by atoms with E-state index in [0.29, 0.717) is 23.5 Å². The summed E-state index contributed by atoms with van der Waals surface area (Å²) in [6, 6.07) is 7.26. The molecule has 1 saturated heterocycles. The minimum Gasteiger partial charge on any atom is -0.442 e. The Kier molecular flexibility index (Phi) is 10.4. The smallest absolute Gasteiger partial charge is 0.442 e. The SMILES string of the molecule is CCCC[C@@]1(CN(OC(=O)C(=O)OOC(C)(C)C)C(=O)OC(C)(C)C)NC(=O)N(CC(=O)c2ccccc2)C1=O. The van der Waals surface area contributed by atoms with Crippen molar-refractivity contribution >= 4 is 35.8 Å². The Bertz CT molecular complexity index is 1120. The first-order valence-corrected chi connectivity index (χ1v) is 12.8. The van der Waals surface area contributed by atoms with E-state index in [0.717, 1.165) is 4.90 Å². The Labute approximate surface area is 232 Å². The highest BCUT2D eigenvalue weighted by molar-refractivity contribution is 6.29. The van der Waals surface area contributed by atoms with Gasteiger partial charge in [-0.25, -0.2) is 19.2 Å². The van der Waals surface area contributed by atoms with Crippen LogP contribution in [0, 0.1) is 0 Å². The minimum absolute atomic E-state index is 0.0263. The van der Waals surface area contributed by atoms with Crippen molar-refractivity contribution in [3.05, 3.63) is 35.9 Å². The molecule has 13 nitrogen and oxygen atoms in total. The molecule has 13 heteroatoms. The fraction of sp³-hybridized carbons (Fsp3) is 0.556. The van der Waals surface area contributed by atoms with Crippen molar-refractivity contribution in [3.8, 4) is 0 Å². The second kappa shape index (κ2) is 12.9. The normalized spacial score (nSPS) is 17.2. The lowest BCUT2D eigenvalue weighted by Gasteiger charge is -2.33. The van der Waals surface area contributed by atoms with Crippen LogP contribution in [0.4, 0.5) is 9.59 Å². The summed E-state index contributed by atoms with van der Waals surface area (Å²) in [4.78, 5) is 92.1. The Morgan fingerprint density at radius 3 is 2.12 bits per heavy atom. The second-order valence-corrected chi connectivity index (χ2v) is 11.3. The van der Waals surface area contributed by atoms with Crippen LogP contribution in [-0.4, -0.2) is 75.5 Å². The number of nitrogens with one attached hydrogen (secondary N) is 1. The maximum Gasteiger partial charge on any atom is 0.452 e. The molecule has 1 fully saturated rings. The molecule has 4 amide bonds. The molecule has 2 rings (SSSR count). The number of hydroxylamine groups is 2. The van der Waals surface area contributed by atoms with Gasteiger partial charge in [0, 0.05) is 5.56 Å². The van der Waals surface area contributed by atoms with Gasteiger partial charge in [0.2, 0.25) is 0 Å². The van der Waals surface area contributed by atoms with E-state index < -0.39 is 65.6 Å². The summed E-state index contributed by atoms with van der Waals surface area (Å²) in [5.41, 5.74) is -3.47. The van der Waals surface area contributed by atoms with Gasteiger partial charge in [-0.05, 0) is 48.0 Å². The first kappa shape index (κ1) is 32.2. The first-order valence-electron chi connectivity index (χ1n) is 12.8. The van der Waals surface area contributed by atoms with Gasteiger partial charge in [0.15, 0.2) is 5.78 Å². The van der Waals surface area contributed by atoms with E-state index in [1.165, 1.54) is 0 Å². The van der Waals surface area contributed by atoms with Gasteiger partial charge in [0.05, 0.1) is 13.1 Å². The molecule has 0 radical (unpaired) electrons. The number of ether oxygens (including phenoxy) is 1. The summed E-state index contributed by atoms with van der Waals surface area (Å²) < 4.78 is 5.30. The number of rotatable bonds is 9. The van der Waals surface area contributed by atoms with Gasteiger partial charge in [-0.1, -0.05) is 50.1 Å². The van der Waals surface area contributed by atoms with Gasteiger partial charge in [0.25, 0.3) is 5.91 Å². The molecule has 1 aromatic carbocycles. The lowest BCUT2D eigenvalue weighted by molar-refractivity contribution is -0.320. The lowest BCUT2D eigenvalue weighted by atomic mass is 9.92. The number of hydrogen-bond donors (Lipinski definition) is 1. The van der Waals surface area contributed by atoms with Crippen LogP contribution in [0.15, 0.2) is 30.3 Å². The summed E-state index contributed by atoms with van der Waals surface area (Å²) >= 11 is 0. The van der Waals surface area contributed by atoms with E-state index in [9.17, 15) is 28.8 Å². The Morgan fingerprint density at radius 1 is 0.950 bits per heavy atom. The Morgan fingerprint density at radius 2 is 1.57 bits per heavy atom. The van der Waals surface area contributed by atoms with Crippen LogP contribution in [0.2, 0.25) is 0 Å². The minimum atomic E-state index is -1.78. The number of hydrogen-bond acceptors (Lipinski definition) is 10. The largest absolute Gasteiger partial charge is 0.452 e. The third-order valence-electron chi connectivity index (χ3n) is 5.34. The van der Waals surface area contributed by atoms with E-state index in [1.807, 2.05) is 6.92 Å². The van der Waals surface area contributed by atoms with Crippen LogP contribution >= 0.6 is 0 Å². The Balaban J connectivity index is 2.35. The van der Waals surface area contributed by atoms with Crippen molar-refractivity contribution in [3.63, 3.8) is 0 Å². The lowest BCUT2D eigenvalue weighted by Crippen LogP contribution is -2.57. The maximum absolute atomic E-state index is 13.6. The molecule has 0 aromatic heterocycles. The summed E-state index contributed by atoms with van der Waals surface area (Å²) in [5.74, 6) is -4.48. The van der Waals surface area contributed by atoms with Gasteiger partial charge >= 0.3 is 24.1 Å². The summed E-state index contributed by atoms with van der Waals surface area (Å²) in [6.45, 7) is 9.97. The summed E-state index contributed by atoms with van der Waals surface area (Å²) in [6.07, 6.45) is -0.152. The maximum atomic E-state index is 13.6. The van der Waals surface area contributed by atoms with Crippen molar-refractivity contribution in [2.24, 2.45) is 0 Å². The van der Waals surface area contributed by atoms with Crippen LogP contribution in [-0.2, 0) is 33.7 Å². The number of unbranched alkanes of at least 4 members (excludes halogenated alkanes) is 1. The number of ketones is 1. The molecule has 0 saturated carbocycles. The molecule has 1 heterocycles. The number of carbonyl (C=O) groups excluding carboxylic acids is 6. The predicted molar refractivity (Wildman–Crippen MR) is 139 cm³/mol.